The minimum absolute atomic E-state index is 0.0279. The molecule has 6 rings (SSSR count). The molecule has 13 heteroatoms. The summed E-state index contributed by atoms with van der Waals surface area (Å²) in [5.41, 5.74) is 4.13. The van der Waals surface area contributed by atoms with Gasteiger partial charge in [0.1, 0.15) is 0 Å². The fraction of sp³-hybridized carbons (Fsp3) is 0.375. The van der Waals surface area contributed by atoms with E-state index in [1.54, 1.807) is 35.2 Å². The van der Waals surface area contributed by atoms with E-state index in [0.717, 1.165) is 25.2 Å². The minimum atomic E-state index is -3.86. The first kappa shape index (κ1) is 31.8. The van der Waals surface area contributed by atoms with Crippen LogP contribution in [0.3, 0.4) is 0 Å². The number of benzene rings is 2. The Hall–Kier alpha value is -3.19. The van der Waals surface area contributed by atoms with Gasteiger partial charge in [0.2, 0.25) is 0 Å². The van der Waals surface area contributed by atoms with Gasteiger partial charge in [-0.25, -0.2) is 8.42 Å². The number of nitrogens with zero attached hydrogens (tertiary/aromatic N) is 2. The van der Waals surface area contributed by atoms with Gasteiger partial charge in [-0.05, 0) is 61.7 Å². The number of carbonyl (C=O) groups excluding carboxylic acids is 2. The average Bonchev–Trinajstić information content (AvgIpc) is 3.43. The molecule has 1 atom stereocenters. The number of halogens is 2. The average molecular weight is 674 g/mol. The van der Waals surface area contributed by atoms with Crippen molar-refractivity contribution in [3.8, 4) is 0 Å². The van der Waals surface area contributed by atoms with Gasteiger partial charge in [0.25, 0.3) is 11.8 Å². The molecule has 0 bridgehead atoms. The number of β-amino-alcohol motifs (C(OH)–C–C–N with tert-alkyl or cyclic N) is 1. The highest BCUT2D eigenvalue weighted by Crippen LogP contribution is 2.37. The van der Waals surface area contributed by atoms with Crippen LogP contribution < -0.4 is 5.32 Å². The first-order chi connectivity index (χ1) is 21.5. The quantitative estimate of drug-likeness (QED) is 0.306. The number of nitrogens with one attached hydrogen (secondary N) is 2. The molecule has 3 N–H and O–H groups in total. The molecule has 2 amide bonds. The predicted octanol–water partition coefficient (Wildman–Crippen LogP) is 4.18. The van der Waals surface area contributed by atoms with Crippen molar-refractivity contribution in [2.75, 3.05) is 51.3 Å². The third-order valence-corrected chi connectivity index (χ3v) is 10.9. The zero-order valence-electron chi connectivity index (χ0n) is 24.7. The van der Waals surface area contributed by atoms with E-state index in [1.807, 2.05) is 6.92 Å². The van der Waals surface area contributed by atoms with Gasteiger partial charge >= 0.3 is 0 Å². The number of ether oxygens (including phenoxy) is 1. The number of aromatic amines is 1. The van der Waals surface area contributed by atoms with E-state index in [0.29, 0.717) is 66.4 Å². The number of sulfone groups is 1. The summed E-state index contributed by atoms with van der Waals surface area (Å²) in [4.78, 5) is 34.0. The Labute approximate surface area is 271 Å². The smallest absolute Gasteiger partial charge is 0.256 e. The Kier molecular flexibility index (Phi) is 9.11. The summed E-state index contributed by atoms with van der Waals surface area (Å²) in [5.74, 6) is -0.936. The van der Waals surface area contributed by atoms with Crippen LogP contribution >= 0.6 is 23.2 Å². The third kappa shape index (κ3) is 6.56. The zero-order chi connectivity index (χ0) is 31.9. The summed E-state index contributed by atoms with van der Waals surface area (Å²) in [6.45, 7) is 5.84. The molecule has 3 aliphatic rings. The number of fused-ring (bicyclic) bond motifs is 2. The topological polar surface area (TPSA) is 132 Å². The molecule has 3 aliphatic heterocycles. The zero-order valence-corrected chi connectivity index (χ0v) is 27.1. The summed E-state index contributed by atoms with van der Waals surface area (Å²) >= 11 is 12.5. The fourth-order valence-electron chi connectivity index (χ4n) is 6.17. The predicted molar refractivity (Wildman–Crippen MR) is 173 cm³/mol. The van der Waals surface area contributed by atoms with Crippen molar-refractivity contribution in [2.45, 2.75) is 36.5 Å². The maximum atomic E-state index is 13.7. The molecule has 1 aromatic heterocycles. The summed E-state index contributed by atoms with van der Waals surface area (Å²) in [6, 6.07) is 9.31. The Bertz CT molecular complexity index is 1780. The summed E-state index contributed by atoms with van der Waals surface area (Å²) in [7, 11) is -3.86. The second-order valence-corrected chi connectivity index (χ2v) is 14.4. The number of aliphatic hydroxyl groups excluding tert-OH is 1. The van der Waals surface area contributed by atoms with Crippen molar-refractivity contribution in [1.29, 1.82) is 0 Å². The van der Waals surface area contributed by atoms with Crippen molar-refractivity contribution >= 4 is 62.2 Å². The van der Waals surface area contributed by atoms with Crippen molar-refractivity contribution < 1.29 is 27.9 Å². The number of carbonyl (C=O) groups is 2. The summed E-state index contributed by atoms with van der Waals surface area (Å²) < 4.78 is 32.2. The van der Waals surface area contributed by atoms with Crippen LogP contribution in [0.4, 0.5) is 5.69 Å². The lowest BCUT2D eigenvalue weighted by atomic mass is 10.0. The highest BCUT2D eigenvalue weighted by atomic mass is 35.5. The number of morpholine rings is 1. The Balaban J connectivity index is 1.26. The summed E-state index contributed by atoms with van der Waals surface area (Å²) in [6.07, 6.45) is 2.33. The van der Waals surface area contributed by atoms with Crippen LogP contribution in [-0.4, -0.2) is 92.2 Å². The second kappa shape index (κ2) is 12.9. The molecule has 3 aromatic rings. The van der Waals surface area contributed by atoms with E-state index < -0.39 is 21.7 Å². The van der Waals surface area contributed by atoms with Gasteiger partial charge in [0, 0.05) is 71.0 Å². The number of hydrogen-bond donors (Lipinski definition) is 3. The number of aryl methyl sites for hydroxylation is 1. The lowest BCUT2D eigenvalue weighted by Gasteiger charge is -2.31. The minimum Gasteiger partial charge on any atom is -0.390 e. The number of amides is 2. The van der Waals surface area contributed by atoms with Crippen LogP contribution in [0.2, 0.25) is 10.0 Å². The first-order valence-corrected chi connectivity index (χ1v) is 17.2. The van der Waals surface area contributed by atoms with Crippen LogP contribution in [0.5, 0.6) is 0 Å². The molecule has 238 valence electrons. The molecular formula is C32H34Cl2N4O6S. The molecule has 45 heavy (non-hydrogen) atoms. The van der Waals surface area contributed by atoms with Gasteiger partial charge in [-0.1, -0.05) is 29.3 Å². The molecule has 2 aromatic carbocycles. The lowest BCUT2D eigenvalue weighted by Crippen LogP contribution is -2.46. The highest BCUT2D eigenvalue weighted by Gasteiger charge is 2.31. The maximum absolute atomic E-state index is 13.7. The van der Waals surface area contributed by atoms with Crippen LogP contribution in [0.1, 0.15) is 44.9 Å². The van der Waals surface area contributed by atoms with Crippen molar-refractivity contribution in [3.05, 3.63) is 80.1 Å². The number of hydrogen-bond acceptors (Lipinski definition) is 7. The van der Waals surface area contributed by atoms with Crippen LogP contribution in [0.15, 0.2) is 41.3 Å². The van der Waals surface area contributed by atoms with Gasteiger partial charge in [-0.15, -0.1) is 0 Å². The largest absolute Gasteiger partial charge is 0.390 e. The second-order valence-electron chi connectivity index (χ2n) is 11.6. The highest BCUT2D eigenvalue weighted by molar-refractivity contribution is 7.90. The molecular weight excluding hydrogens is 639 g/mol. The normalized spacial score (nSPS) is 18.9. The molecule has 1 unspecified atom stereocenters. The van der Waals surface area contributed by atoms with Crippen molar-refractivity contribution in [3.63, 3.8) is 0 Å². The molecule has 0 saturated carbocycles. The number of anilines is 1. The molecule has 4 heterocycles. The van der Waals surface area contributed by atoms with E-state index >= 15 is 0 Å². The first-order valence-electron chi connectivity index (χ1n) is 14.8. The van der Waals surface area contributed by atoms with Gasteiger partial charge in [0.05, 0.1) is 41.1 Å². The molecule has 0 radical (unpaired) electrons. The molecule has 1 fully saturated rings. The van der Waals surface area contributed by atoms with Gasteiger partial charge in [-0.3, -0.25) is 14.5 Å². The Morgan fingerprint density at radius 1 is 1.07 bits per heavy atom. The van der Waals surface area contributed by atoms with Crippen LogP contribution in [-0.2, 0) is 31.5 Å². The molecule has 1 saturated heterocycles. The Morgan fingerprint density at radius 3 is 2.53 bits per heavy atom. The SMILES string of the molecule is Cc1c(/C=C2\C(=O)Nc3ccc(S(=O)(=O)Cc4c(Cl)cccc4Cl)cc32)[nH]c2c1C(=O)N(CC(O)CN1CCOCC1)CCC2. The number of rotatable bonds is 8. The Morgan fingerprint density at radius 2 is 1.80 bits per heavy atom. The van der Waals surface area contributed by atoms with E-state index in [-0.39, 0.29) is 38.9 Å². The summed E-state index contributed by atoms with van der Waals surface area (Å²) in [5, 5.41) is 14.1. The van der Waals surface area contributed by atoms with Crippen LogP contribution in [0, 0.1) is 6.92 Å². The van der Waals surface area contributed by atoms with E-state index in [2.05, 4.69) is 15.2 Å². The van der Waals surface area contributed by atoms with Crippen LogP contribution in [0.25, 0.3) is 11.6 Å². The number of aromatic nitrogens is 1. The third-order valence-electron chi connectivity index (χ3n) is 8.54. The van der Waals surface area contributed by atoms with E-state index in [1.165, 1.54) is 12.1 Å². The standard InChI is InChI=1S/C32H34Cl2N4O6S/c1-19-29(35-28-6-3-9-38(32(41)30(19)28)17-20(39)16-37-10-12-44-13-11-37)15-23-22-14-21(7-8-27(22)36-31(23)40)45(42,43)18-24-25(33)4-2-5-26(24)34/h2,4-5,7-8,14-15,20,35,39H,3,6,9-13,16-18H2,1H3,(H,36,40)/b23-15-. The number of aliphatic hydroxyl groups is 1. The van der Waals surface area contributed by atoms with Crippen molar-refractivity contribution in [2.24, 2.45) is 0 Å². The molecule has 0 spiro atoms. The molecule has 10 nitrogen and oxygen atoms in total. The molecule has 0 aliphatic carbocycles. The van der Waals surface area contributed by atoms with Crippen molar-refractivity contribution in [1.82, 2.24) is 14.8 Å². The van der Waals surface area contributed by atoms with Gasteiger partial charge in [-0.2, -0.15) is 0 Å². The maximum Gasteiger partial charge on any atom is 0.256 e. The van der Waals surface area contributed by atoms with E-state index in [4.69, 9.17) is 27.9 Å². The monoisotopic (exact) mass is 672 g/mol. The van der Waals surface area contributed by atoms with Gasteiger partial charge < -0.3 is 25.0 Å². The lowest BCUT2D eigenvalue weighted by molar-refractivity contribution is -0.110. The number of H-pyrrole nitrogens is 1. The fourth-order valence-corrected chi connectivity index (χ4v) is 8.29. The van der Waals surface area contributed by atoms with E-state index in [9.17, 15) is 23.1 Å². The van der Waals surface area contributed by atoms with Gasteiger partial charge in [0.15, 0.2) is 9.84 Å².